The zero-order valence-electron chi connectivity index (χ0n) is 21.5. The van der Waals surface area contributed by atoms with Crippen molar-refractivity contribution >= 4 is 39.6 Å². The number of ether oxygens (including phenoxy) is 4. The van der Waals surface area contributed by atoms with E-state index in [2.05, 4.69) is 30.3 Å². The van der Waals surface area contributed by atoms with E-state index in [4.69, 9.17) is 14.2 Å². The van der Waals surface area contributed by atoms with Gasteiger partial charge in [0.2, 0.25) is 23.4 Å². The second kappa shape index (κ2) is 13.7. The summed E-state index contributed by atoms with van der Waals surface area (Å²) in [6.07, 6.45) is 0.523. The molecule has 0 unspecified atom stereocenters. The Morgan fingerprint density at radius 1 is 1.05 bits per heavy atom. The lowest BCUT2D eigenvalue weighted by molar-refractivity contribution is -0.139. The number of amides is 2. The first-order chi connectivity index (χ1) is 18.4. The normalized spacial score (nSPS) is 11.8. The number of sulfonamides is 1. The van der Waals surface area contributed by atoms with Gasteiger partial charge in [0.1, 0.15) is 10.7 Å². The van der Waals surface area contributed by atoms with Crippen LogP contribution in [-0.4, -0.2) is 69.4 Å². The van der Waals surface area contributed by atoms with E-state index in [1.165, 1.54) is 33.3 Å². The third-order valence-corrected chi connectivity index (χ3v) is 5.82. The number of nitrogens with one attached hydrogen (secondary N) is 2. The Morgan fingerprint density at radius 2 is 1.69 bits per heavy atom. The molecule has 16 nitrogen and oxygen atoms in total. The van der Waals surface area contributed by atoms with E-state index in [-0.39, 0.29) is 30.0 Å². The number of rotatable bonds is 11. The second-order valence-electron chi connectivity index (χ2n) is 7.28. The first-order valence-corrected chi connectivity index (χ1v) is 12.5. The van der Waals surface area contributed by atoms with Crippen LogP contribution >= 0.6 is 0 Å². The SMILES string of the molecule is CCCOC(=O)/C(N=Nc1ccc(C(=O)OC)c(S(=O)(=O)NC(=O)Nc2nc(OC)cc(OC)n2)c1)=C(\C)O. The Kier molecular flexibility index (Phi) is 10.7. The monoisotopic (exact) mass is 566 g/mol. The fraction of sp³-hybridized carbons (Fsp3) is 0.318. The highest BCUT2D eigenvalue weighted by molar-refractivity contribution is 7.90. The molecule has 0 aliphatic carbocycles. The third kappa shape index (κ3) is 8.35. The van der Waals surface area contributed by atoms with E-state index in [1.807, 2.05) is 0 Å². The van der Waals surface area contributed by atoms with Crippen LogP contribution in [0.4, 0.5) is 16.4 Å². The predicted octanol–water partition coefficient (Wildman–Crippen LogP) is 2.62. The molecule has 0 spiro atoms. The van der Waals surface area contributed by atoms with Gasteiger partial charge in [-0.1, -0.05) is 6.92 Å². The highest BCUT2D eigenvalue weighted by Crippen LogP contribution is 2.25. The summed E-state index contributed by atoms with van der Waals surface area (Å²) >= 11 is 0. The average molecular weight is 567 g/mol. The van der Waals surface area contributed by atoms with Crippen molar-refractivity contribution in [3.8, 4) is 11.8 Å². The molecule has 1 aromatic carbocycles. The summed E-state index contributed by atoms with van der Waals surface area (Å²) in [4.78, 5) is 43.8. The lowest BCUT2D eigenvalue weighted by atomic mass is 10.2. The molecule has 0 radical (unpaired) electrons. The van der Waals surface area contributed by atoms with Gasteiger partial charge in [0.05, 0.1) is 45.3 Å². The van der Waals surface area contributed by atoms with Crippen molar-refractivity contribution in [2.75, 3.05) is 33.3 Å². The first-order valence-electron chi connectivity index (χ1n) is 11.0. The van der Waals surface area contributed by atoms with Crippen LogP contribution in [0.1, 0.15) is 30.6 Å². The van der Waals surface area contributed by atoms with Gasteiger partial charge < -0.3 is 24.1 Å². The van der Waals surface area contributed by atoms with Gasteiger partial charge in [-0.15, -0.1) is 5.11 Å². The Labute approximate surface area is 223 Å². The summed E-state index contributed by atoms with van der Waals surface area (Å²) in [7, 11) is -1.09. The van der Waals surface area contributed by atoms with Gasteiger partial charge in [-0.05, 0) is 31.5 Å². The van der Waals surface area contributed by atoms with Crippen LogP contribution in [0.5, 0.6) is 11.8 Å². The maximum atomic E-state index is 13.1. The van der Waals surface area contributed by atoms with Crippen molar-refractivity contribution in [2.24, 2.45) is 10.2 Å². The number of nitrogens with zero attached hydrogens (tertiary/aromatic N) is 4. The molecule has 2 amide bonds. The number of aliphatic hydroxyl groups is 1. The lowest BCUT2D eigenvalue weighted by Gasteiger charge is -2.12. The second-order valence-corrected chi connectivity index (χ2v) is 8.93. The Bertz CT molecular complexity index is 1380. The molecule has 0 bridgehead atoms. The number of azo groups is 1. The molecule has 0 saturated carbocycles. The minimum atomic E-state index is -4.74. The number of allylic oxidation sites excluding steroid dienone is 1. The quantitative estimate of drug-likeness (QED) is 0.155. The number of methoxy groups -OCH3 is 3. The summed E-state index contributed by atoms with van der Waals surface area (Å²) in [6.45, 7) is 3.02. The van der Waals surface area contributed by atoms with Gasteiger partial charge in [0, 0.05) is 0 Å². The van der Waals surface area contributed by atoms with Crippen molar-refractivity contribution in [2.45, 2.75) is 25.2 Å². The van der Waals surface area contributed by atoms with Crippen molar-refractivity contribution in [1.29, 1.82) is 0 Å². The number of carbonyl (C=O) groups is 3. The number of aliphatic hydroxyl groups excluding tert-OH is 1. The van der Waals surface area contributed by atoms with Crippen LogP contribution in [0, 0.1) is 0 Å². The van der Waals surface area contributed by atoms with Crippen LogP contribution in [0.3, 0.4) is 0 Å². The van der Waals surface area contributed by atoms with E-state index >= 15 is 0 Å². The molecule has 210 valence electrons. The lowest BCUT2D eigenvalue weighted by Crippen LogP contribution is -2.35. The van der Waals surface area contributed by atoms with E-state index in [0.717, 1.165) is 19.2 Å². The highest BCUT2D eigenvalue weighted by atomic mass is 32.2. The predicted molar refractivity (Wildman–Crippen MR) is 133 cm³/mol. The number of benzene rings is 1. The van der Waals surface area contributed by atoms with E-state index in [0.29, 0.717) is 6.42 Å². The maximum absolute atomic E-state index is 13.1. The van der Waals surface area contributed by atoms with Gasteiger partial charge in [-0.3, -0.25) is 5.32 Å². The van der Waals surface area contributed by atoms with Crippen molar-refractivity contribution in [3.05, 3.63) is 41.3 Å². The fourth-order valence-corrected chi connectivity index (χ4v) is 3.80. The topological polar surface area (TPSA) is 217 Å². The van der Waals surface area contributed by atoms with Crippen molar-refractivity contribution in [1.82, 2.24) is 14.7 Å². The highest BCUT2D eigenvalue weighted by Gasteiger charge is 2.26. The van der Waals surface area contributed by atoms with E-state index < -0.39 is 49.9 Å². The molecular weight excluding hydrogens is 540 g/mol. The summed E-state index contributed by atoms with van der Waals surface area (Å²) in [5.41, 5.74) is -1.12. The summed E-state index contributed by atoms with van der Waals surface area (Å²) in [5.74, 6) is -2.77. The van der Waals surface area contributed by atoms with Crippen molar-refractivity contribution < 1.29 is 46.9 Å². The molecule has 17 heteroatoms. The van der Waals surface area contributed by atoms with Crippen molar-refractivity contribution in [3.63, 3.8) is 0 Å². The summed E-state index contributed by atoms with van der Waals surface area (Å²) < 4.78 is 47.4. The number of urea groups is 1. The Hall–Kier alpha value is -4.80. The van der Waals surface area contributed by atoms with Gasteiger partial charge in [-0.25, -0.2) is 27.5 Å². The number of hydrogen-bond acceptors (Lipinski definition) is 14. The molecule has 1 heterocycles. The molecule has 0 aliphatic rings. The fourth-order valence-electron chi connectivity index (χ4n) is 2.68. The standard InChI is InChI=1S/C22H26N6O10S/c1-6-9-38-20(31)18(12(2)29)27-26-13-7-8-14(19(30)37-5)15(10-13)39(33,34)28-22(32)25-21-23-16(35-3)11-17(24-21)36-4/h7-8,10-11,29H,6,9H2,1-5H3,(H2,23,24,25,28,32)/b18-12-,27-26?. The maximum Gasteiger partial charge on any atom is 0.362 e. The van der Waals surface area contributed by atoms with Crippen LogP contribution in [-0.2, 0) is 24.3 Å². The summed E-state index contributed by atoms with van der Waals surface area (Å²) in [6, 6.07) is 3.21. The van der Waals surface area contributed by atoms with Gasteiger partial charge in [0.15, 0.2) is 0 Å². The zero-order chi connectivity index (χ0) is 29.2. The largest absolute Gasteiger partial charge is 0.510 e. The molecule has 0 aliphatic heterocycles. The Balaban J connectivity index is 2.41. The summed E-state index contributed by atoms with van der Waals surface area (Å²) in [5, 5.41) is 19.3. The van der Waals surface area contributed by atoms with E-state index in [1.54, 1.807) is 11.6 Å². The molecule has 39 heavy (non-hydrogen) atoms. The Morgan fingerprint density at radius 3 is 2.23 bits per heavy atom. The van der Waals surface area contributed by atoms with Crippen LogP contribution in [0.25, 0.3) is 0 Å². The van der Waals surface area contributed by atoms with Gasteiger partial charge >= 0.3 is 18.0 Å². The number of anilines is 1. The molecule has 0 saturated heterocycles. The van der Waals surface area contributed by atoms with Crippen LogP contribution in [0.15, 0.2) is 50.8 Å². The average Bonchev–Trinajstić information content (AvgIpc) is 2.90. The van der Waals surface area contributed by atoms with Gasteiger partial charge in [0.25, 0.3) is 10.0 Å². The number of aromatic nitrogens is 2. The molecule has 3 N–H and O–H groups in total. The zero-order valence-corrected chi connectivity index (χ0v) is 22.4. The number of carbonyl (C=O) groups excluding carboxylic acids is 3. The number of hydrogen-bond donors (Lipinski definition) is 3. The molecule has 0 fully saturated rings. The first kappa shape index (κ1) is 30.4. The molecule has 1 aromatic heterocycles. The minimum absolute atomic E-state index is 0.0242. The van der Waals surface area contributed by atoms with E-state index in [9.17, 15) is 27.9 Å². The molecular formula is C22H26N6O10S. The minimum Gasteiger partial charge on any atom is -0.510 e. The van der Waals surface area contributed by atoms with Gasteiger partial charge in [-0.2, -0.15) is 15.1 Å². The smallest absolute Gasteiger partial charge is 0.362 e. The third-order valence-electron chi connectivity index (χ3n) is 4.45. The number of esters is 2. The van der Waals surface area contributed by atoms with Crippen LogP contribution in [0.2, 0.25) is 0 Å². The molecule has 0 atom stereocenters. The molecule has 2 aromatic rings. The van der Waals surface area contributed by atoms with Crippen LogP contribution < -0.4 is 19.5 Å². The molecule has 2 rings (SSSR count).